The average molecular weight is 165 g/mol. The van der Waals surface area contributed by atoms with Gasteiger partial charge in [0.15, 0.2) is 0 Å². The largest absolute Gasteiger partial charge is 0.340 e. The summed E-state index contributed by atoms with van der Waals surface area (Å²) in [7, 11) is 2.01. The lowest BCUT2D eigenvalue weighted by atomic mass is 10.0. The van der Waals surface area contributed by atoms with Crippen LogP contribution in [0.5, 0.6) is 0 Å². The van der Waals surface area contributed by atoms with Gasteiger partial charge in [0.25, 0.3) is 0 Å². The van der Waals surface area contributed by atoms with Crippen LogP contribution in [0.15, 0.2) is 12.5 Å². The van der Waals surface area contributed by atoms with Gasteiger partial charge in [-0.25, -0.2) is 4.98 Å². The van der Waals surface area contributed by atoms with Crippen molar-refractivity contribution in [2.24, 2.45) is 7.05 Å². The predicted molar refractivity (Wildman–Crippen MR) is 47.8 cm³/mol. The van der Waals surface area contributed by atoms with Crippen molar-refractivity contribution < 1.29 is 0 Å². The summed E-state index contributed by atoms with van der Waals surface area (Å²) in [5.41, 5.74) is 1.19. The van der Waals surface area contributed by atoms with E-state index in [0.29, 0.717) is 6.04 Å². The molecular formula is C9H15N3. The fourth-order valence-electron chi connectivity index (χ4n) is 1.72. The molecule has 12 heavy (non-hydrogen) atoms. The molecule has 3 heteroatoms. The lowest BCUT2D eigenvalue weighted by Gasteiger charge is -2.21. The van der Waals surface area contributed by atoms with Crippen LogP contribution in [-0.2, 0) is 7.05 Å². The molecule has 1 saturated heterocycles. The number of rotatable bonds is 1. The summed E-state index contributed by atoms with van der Waals surface area (Å²) in [4.78, 5) is 4.34. The fraction of sp³-hybridized carbons (Fsp3) is 0.667. The summed E-state index contributed by atoms with van der Waals surface area (Å²) in [6, 6.07) is 0.500. The molecule has 0 aliphatic carbocycles. The molecule has 66 valence electrons. The van der Waals surface area contributed by atoms with Crippen LogP contribution in [0, 0.1) is 0 Å². The van der Waals surface area contributed by atoms with Crippen molar-refractivity contribution in [1.29, 1.82) is 0 Å². The number of imidazole rings is 1. The maximum atomic E-state index is 4.34. The molecular weight excluding hydrogens is 150 g/mol. The maximum absolute atomic E-state index is 4.34. The monoisotopic (exact) mass is 165 g/mol. The number of hydrogen-bond donors (Lipinski definition) is 1. The first-order valence-corrected chi connectivity index (χ1v) is 4.57. The first-order chi connectivity index (χ1) is 5.86. The van der Waals surface area contributed by atoms with Crippen LogP contribution >= 0.6 is 0 Å². The molecule has 0 bridgehead atoms. The van der Waals surface area contributed by atoms with Crippen LogP contribution in [-0.4, -0.2) is 16.1 Å². The zero-order valence-electron chi connectivity index (χ0n) is 7.45. The molecule has 3 nitrogen and oxygen atoms in total. The molecule has 0 radical (unpaired) electrons. The third-order valence-corrected chi connectivity index (χ3v) is 2.39. The number of aryl methyl sites for hydroxylation is 1. The van der Waals surface area contributed by atoms with E-state index in [1.807, 2.05) is 17.9 Å². The van der Waals surface area contributed by atoms with E-state index in [1.54, 1.807) is 0 Å². The summed E-state index contributed by atoms with van der Waals surface area (Å²) in [5.74, 6) is 0. The third kappa shape index (κ3) is 1.50. The molecule has 0 spiro atoms. The molecule has 2 rings (SSSR count). The Bertz CT molecular complexity index is 248. The van der Waals surface area contributed by atoms with Crippen molar-refractivity contribution in [3.8, 4) is 0 Å². The quantitative estimate of drug-likeness (QED) is 0.678. The van der Waals surface area contributed by atoms with E-state index in [1.165, 1.54) is 25.0 Å². The first kappa shape index (κ1) is 7.80. The Balaban J connectivity index is 2.08. The van der Waals surface area contributed by atoms with Crippen molar-refractivity contribution in [3.63, 3.8) is 0 Å². The van der Waals surface area contributed by atoms with E-state index < -0.39 is 0 Å². The molecule has 2 heterocycles. The van der Waals surface area contributed by atoms with Gasteiger partial charge >= 0.3 is 0 Å². The van der Waals surface area contributed by atoms with Gasteiger partial charge in [-0.05, 0) is 19.4 Å². The maximum Gasteiger partial charge on any atom is 0.0947 e. The fourth-order valence-corrected chi connectivity index (χ4v) is 1.72. The predicted octanol–water partition coefficient (Wildman–Crippen LogP) is 1.23. The van der Waals surface area contributed by atoms with E-state index in [4.69, 9.17) is 0 Å². The Kier molecular flexibility index (Phi) is 2.13. The number of hydrogen-bond acceptors (Lipinski definition) is 2. The van der Waals surface area contributed by atoms with Crippen molar-refractivity contribution in [3.05, 3.63) is 18.2 Å². The van der Waals surface area contributed by atoms with Gasteiger partial charge in [0.05, 0.1) is 18.1 Å². The van der Waals surface area contributed by atoms with Gasteiger partial charge in [-0.2, -0.15) is 0 Å². The zero-order valence-corrected chi connectivity index (χ0v) is 7.45. The Morgan fingerprint density at radius 2 is 2.50 bits per heavy atom. The number of aromatic nitrogens is 2. The van der Waals surface area contributed by atoms with Crippen molar-refractivity contribution in [2.75, 3.05) is 6.54 Å². The van der Waals surface area contributed by atoms with E-state index in [2.05, 4.69) is 16.5 Å². The molecule has 1 atom stereocenters. The summed E-state index contributed by atoms with van der Waals surface area (Å²) in [6.45, 7) is 1.14. The SMILES string of the molecule is Cn1cnc([C@H]2CCCCN2)c1. The van der Waals surface area contributed by atoms with Crippen molar-refractivity contribution >= 4 is 0 Å². The zero-order chi connectivity index (χ0) is 8.39. The Hall–Kier alpha value is -0.830. The van der Waals surface area contributed by atoms with Gasteiger partial charge in [-0.15, -0.1) is 0 Å². The van der Waals surface area contributed by atoms with Crippen LogP contribution in [0.4, 0.5) is 0 Å². The van der Waals surface area contributed by atoms with E-state index in [9.17, 15) is 0 Å². The Morgan fingerprint density at radius 1 is 1.58 bits per heavy atom. The molecule has 1 aromatic heterocycles. The van der Waals surface area contributed by atoms with Crippen LogP contribution < -0.4 is 5.32 Å². The molecule has 1 fully saturated rings. The number of nitrogens with one attached hydrogen (secondary N) is 1. The third-order valence-electron chi connectivity index (χ3n) is 2.39. The van der Waals surface area contributed by atoms with E-state index in [0.717, 1.165) is 6.54 Å². The van der Waals surface area contributed by atoms with Crippen LogP contribution in [0.3, 0.4) is 0 Å². The highest BCUT2D eigenvalue weighted by Crippen LogP contribution is 2.20. The molecule has 0 aromatic carbocycles. The van der Waals surface area contributed by atoms with Gasteiger partial charge < -0.3 is 9.88 Å². The summed E-state index contributed by atoms with van der Waals surface area (Å²) < 4.78 is 2.01. The van der Waals surface area contributed by atoms with Gasteiger partial charge in [-0.1, -0.05) is 6.42 Å². The smallest absolute Gasteiger partial charge is 0.0947 e. The highest BCUT2D eigenvalue weighted by Gasteiger charge is 2.15. The second-order valence-corrected chi connectivity index (χ2v) is 3.47. The van der Waals surface area contributed by atoms with Gasteiger partial charge in [0.1, 0.15) is 0 Å². The number of nitrogens with zero attached hydrogens (tertiary/aromatic N) is 2. The second kappa shape index (κ2) is 3.27. The first-order valence-electron chi connectivity index (χ1n) is 4.57. The lowest BCUT2D eigenvalue weighted by Crippen LogP contribution is -2.26. The van der Waals surface area contributed by atoms with Gasteiger partial charge in [0, 0.05) is 13.2 Å². The molecule has 0 unspecified atom stereocenters. The number of piperidine rings is 1. The minimum atomic E-state index is 0.500. The van der Waals surface area contributed by atoms with Crippen LogP contribution in [0.1, 0.15) is 31.0 Å². The highest BCUT2D eigenvalue weighted by molar-refractivity contribution is 5.04. The van der Waals surface area contributed by atoms with Crippen LogP contribution in [0.2, 0.25) is 0 Å². The van der Waals surface area contributed by atoms with Crippen LogP contribution in [0.25, 0.3) is 0 Å². The Labute approximate surface area is 72.8 Å². The average Bonchev–Trinajstić information content (AvgIpc) is 2.54. The second-order valence-electron chi connectivity index (χ2n) is 3.47. The normalized spacial score (nSPS) is 24.2. The molecule has 1 aromatic rings. The minimum Gasteiger partial charge on any atom is -0.340 e. The molecule has 1 aliphatic rings. The molecule has 0 amide bonds. The summed E-state index contributed by atoms with van der Waals surface area (Å²) in [5, 5.41) is 3.47. The Morgan fingerprint density at radius 3 is 3.08 bits per heavy atom. The topological polar surface area (TPSA) is 29.9 Å². The highest BCUT2D eigenvalue weighted by atomic mass is 15.0. The molecule has 0 saturated carbocycles. The van der Waals surface area contributed by atoms with Crippen molar-refractivity contribution in [1.82, 2.24) is 14.9 Å². The summed E-state index contributed by atoms with van der Waals surface area (Å²) in [6.07, 6.45) is 7.84. The summed E-state index contributed by atoms with van der Waals surface area (Å²) >= 11 is 0. The van der Waals surface area contributed by atoms with E-state index in [-0.39, 0.29) is 0 Å². The lowest BCUT2D eigenvalue weighted by molar-refractivity contribution is 0.406. The van der Waals surface area contributed by atoms with Gasteiger partial charge in [0.2, 0.25) is 0 Å². The minimum absolute atomic E-state index is 0.500. The van der Waals surface area contributed by atoms with E-state index >= 15 is 0 Å². The van der Waals surface area contributed by atoms with Gasteiger partial charge in [-0.3, -0.25) is 0 Å². The standard InChI is InChI=1S/C9H15N3/c1-12-6-9(11-7-12)8-4-2-3-5-10-8/h6-8,10H,2-5H2,1H3/t8-/m1/s1. The molecule has 1 N–H and O–H groups in total. The molecule has 1 aliphatic heterocycles. The van der Waals surface area contributed by atoms with Crippen molar-refractivity contribution in [2.45, 2.75) is 25.3 Å².